The summed E-state index contributed by atoms with van der Waals surface area (Å²) in [4.78, 5) is 0. The summed E-state index contributed by atoms with van der Waals surface area (Å²) in [7, 11) is 0. The fourth-order valence-corrected chi connectivity index (χ4v) is 2.04. The van der Waals surface area contributed by atoms with Crippen molar-refractivity contribution in [1.82, 2.24) is 9.78 Å². The highest BCUT2D eigenvalue weighted by Gasteiger charge is 2.13. The summed E-state index contributed by atoms with van der Waals surface area (Å²) < 4.78 is 2.51. The first-order valence-electron chi connectivity index (χ1n) is 5.13. The zero-order chi connectivity index (χ0) is 12.4. The van der Waals surface area contributed by atoms with Crippen molar-refractivity contribution in [2.24, 2.45) is 0 Å². The molecule has 0 aliphatic heterocycles. The van der Waals surface area contributed by atoms with Crippen molar-refractivity contribution >= 4 is 27.6 Å². The molecular weight excluding hydrogens is 284 g/mol. The van der Waals surface area contributed by atoms with Crippen LogP contribution in [0.2, 0.25) is 0 Å². The lowest BCUT2D eigenvalue weighted by molar-refractivity contribution is 0.300. The molecule has 0 spiro atoms. The van der Waals surface area contributed by atoms with Gasteiger partial charge in [-0.3, -0.25) is 0 Å². The van der Waals surface area contributed by atoms with E-state index in [4.69, 9.17) is 16.6 Å². The van der Waals surface area contributed by atoms with Crippen LogP contribution in [0.1, 0.15) is 5.56 Å². The Bertz CT molecular complexity index is 538. The minimum Gasteiger partial charge on any atom is -0.396 e. The van der Waals surface area contributed by atoms with Crippen molar-refractivity contribution in [3.63, 3.8) is 0 Å². The van der Waals surface area contributed by atoms with Gasteiger partial charge in [0.15, 0.2) is 5.82 Å². The van der Waals surface area contributed by atoms with Gasteiger partial charge >= 0.3 is 0 Å². The molecule has 5 N–H and O–H groups in total. The van der Waals surface area contributed by atoms with E-state index in [9.17, 15) is 0 Å². The molecule has 2 rings (SSSR count). The number of aliphatic hydroxyl groups is 1. The van der Waals surface area contributed by atoms with Gasteiger partial charge in [0.1, 0.15) is 5.82 Å². The molecule has 0 unspecified atom stereocenters. The Hall–Kier alpha value is -1.53. The summed E-state index contributed by atoms with van der Waals surface area (Å²) in [5, 5.41) is 13.1. The molecule has 0 amide bonds. The van der Waals surface area contributed by atoms with Crippen molar-refractivity contribution in [1.29, 1.82) is 0 Å². The molecule has 0 atom stereocenters. The second-order valence-electron chi connectivity index (χ2n) is 3.61. The summed E-state index contributed by atoms with van der Waals surface area (Å²) >= 11 is 3.39. The maximum Gasteiger partial charge on any atom is 0.151 e. The zero-order valence-corrected chi connectivity index (χ0v) is 10.7. The van der Waals surface area contributed by atoms with Crippen LogP contribution in [0.15, 0.2) is 28.7 Å². The van der Waals surface area contributed by atoms with E-state index in [-0.39, 0.29) is 6.61 Å². The highest BCUT2D eigenvalue weighted by Crippen LogP contribution is 2.24. The van der Waals surface area contributed by atoms with E-state index in [1.165, 1.54) is 0 Å². The van der Waals surface area contributed by atoms with Crippen LogP contribution in [0.3, 0.4) is 0 Å². The Labute approximate surface area is 107 Å². The van der Waals surface area contributed by atoms with E-state index in [1.54, 1.807) is 4.68 Å². The predicted octanol–water partition coefficient (Wildman–Crippen LogP) is 1.33. The van der Waals surface area contributed by atoms with Crippen LogP contribution in [0.25, 0.3) is 5.69 Å². The lowest BCUT2D eigenvalue weighted by Gasteiger charge is -2.04. The molecule has 1 aromatic carbocycles. The van der Waals surface area contributed by atoms with Crippen molar-refractivity contribution in [3.05, 3.63) is 34.3 Å². The number of nitrogen functional groups attached to an aromatic ring is 2. The number of rotatable bonds is 3. The van der Waals surface area contributed by atoms with E-state index < -0.39 is 0 Å². The van der Waals surface area contributed by atoms with Gasteiger partial charge in [-0.05, 0) is 18.2 Å². The molecule has 0 saturated heterocycles. The van der Waals surface area contributed by atoms with Crippen LogP contribution >= 0.6 is 15.9 Å². The van der Waals surface area contributed by atoms with Gasteiger partial charge in [0.2, 0.25) is 0 Å². The monoisotopic (exact) mass is 296 g/mol. The second-order valence-corrected chi connectivity index (χ2v) is 4.53. The zero-order valence-electron chi connectivity index (χ0n) is 9.10. The molecule has 17 heavy (non-hydrogen) atoms. The van der Waals surface area contributed by atoms with Gasteiger partial charge < -0.3 is 16.6 Å². The molecule has 2 aromatic rings. The van der Waals surface area contributed by atoms with Gasteiger partial charge in [-0.1, -0.05) is 22.0 Å². The average Bonchev–Trinajstić information content (AvgIpc) is 2.57. The molecule has 0 saturated carbocycles. The van der Waals surface area contributed by atoms with Crippen LogP contribution in [-0.4, -0.2) is 21.5 Å². The predicted molar refractivity (Wildman–Crippen MR) is 70.9 cm³/mol. The highest BCUT2D eigenvalue weighted by molar-refractivity contribution is 9.10. The van der Waals surface area contributed by atoms with E-state index in [1.807, 2.05) is 24.3 Å². The Morgan fingerprint density at radius 2 is 2.12 bits per heavy atom. The summed E-state index contributed by atoms with van der Waals surface area (Å²) in [6.45, 7) is -0.00141. The normalized spacial score (nSPS) is 10.7. The molecule has 90 valence electrons. The molecule has 1 heterocycles. The second kappa shape index (κ2) is 4.77. The SMILES string of the molecule is Nc1nn(-c2cccc(Br)c2)c(N)c1CCO. The molecule has 5 nitrogen and oxygen atoms in total. The van der Waals surface area contributed by atoms with Gasteiger partial charge in [-0.15, -0.1) is 5.10 Å². The highest BCUT2D eigenvalue weighted by atomic mass is 79.9. The lowest BCUT2D eigenvalue weighted by Crippen LogP contribution is -2.03. The number of nitrogens with two attached hydrogens (primary N) is 2. The number of halogens is 1. The number of aliphatic hydroxyl groups excluding tert-OH is 1. The van der Waals surface area contributed by atoms with Crippen molar-refractivity contribution < 1.29 is 5.11 Å². The first kappa shape index (κ1) is 11.9. The lowest BCUT2D eigenvalue weighted by atomic mass is 10.2. The molecule has 0 radical (unpaired) electrons. The molecule has 0 bridgehead atoms. The van der Waals surface area contributed by atoms with Gasteiger partial charge in [-0.25, -0.2) is 4.68 Å². The quantitative estimate of drug-likeness (QED) is 0.797. The third-order valence-electron chi connectivity index (χ3n) is 2.47. The first-order chi connectivity index (χ1) is 8.13. The minimum atomic E-state index is -0.00141. The number of benzene rings is 1. The van der Waals surface area contributed by atoms with Gasteiger partial charge in [-0.2, -0.15) is 0 Å². The molecule has 0 aliphatic carbocycles. The Morgan fingerprint density at radius 1 is 1.35 bits per heavy atom. The number of anilines is 2. The molecule has 0 aliphatic rings. The average molecular weight is 297 g/mol. The van der Waals surface area contributed by atoms with E-state index in [2.05, 4.69) is 21.0 Å². The molecule has 1 aromatic heterocycles. The van der Waals surface area contributed by atoms with Crippen molar-refractivity contribution in [2.45, 2.75) is 6.42 Å². The fourth-order valence-electron chi connectivity index (χ4n) is 1.65. The summed E-state index contributed by atoms with van der Waals surface area (Å²) in [6, 6.07) is 7.59. The van der Waals surface area contributed by atoms with E-state index >= 15 is 0 Å². The third kappa shape index (κ3) is 2.27. The number of hydrogen-bond donors (Lipinski definition) is 3. The summed E-state index contributed by atoms with van der Waals surface area (Å²) in [6.07, 6.45) is 0.408. The number of hydrogen-bond acceptors (Lipinski definition) is 4. The standard InChI is InChI=1S/C11H13BrN4O/c12-7-2-1-3-8(6-7)16-11(14)9(4-5-17)10(13)15-16/h1-3,6,17H,4-5,14H2,(H2,13,15). The van der Waals surface area contributed by atoms with Gasteiger partial charge in [0.25, 0.3) is 0 Å². The van der Waals surface area contributed by atoms with Gasteiger partial charge in [0, 0.05) is 23.1 Å². The maximum atomic E-state index is 8.94. The molecule has 6 heteroatoms. The topological polar surface area (TPSA) is 90.1 Å². The smallest absolute Gasteiger partial charge is 0.151 e. The van der Waals surface area contributed by atoms with Gasteiger partial charge in [0.05, 0.1) is 5.69 Å². The minimum absolute atomic E-state index is 0.00141. The van der Waals surface area contributed by atoms with Crippen molar-refractivity contribution in [3.8, 4) is 5.69 Å². The molecule has 0 fully saturated rings. The van der Waals surface area contributed by atoms with Crippen LogP contribution in [-0.2, 0) is 6.42 Å². The maximum absolute atomic E-state index is 8.94. The first-order valence-corrected chi connectivity index (χ1v) is 5.92. The van der Waals surface area contributed by atoms with Crippen LogP contribution < -0.4 is 11.5 Å². The Kier molecular flexibility index (Phi) is 3.35. The van der Waals surface area contributed by atoms with Crippen LogP contribution in [0.5, 0.6) is 0 Å². The van der Waals surface area contributed by atoms with E-state index in [0.29, 0.717) is 23.6 Å². The third-order valence-corrected chi connectivity index (χ3v) is 2.96. The molecular formula is C11H13BrN4O. The summed E-state index contributed by atoms with van der Waals surface area (Å²) in [5.74, 6) is 0.825. The largest absolute Gasteiger partial charge is 0.396 e. The summed E-state index contributed by atoms with van der Waals surface area (Å²) in [5.41, 5.74) is 13.2. The van der Waals surface area contributed by atoms with E-state index in [0.717, 1.165) is 10.2 Å². The Balaban J connectivity index is 2.50. The number of nitrogens with zero attached hydrogens (tertiary/aromatic N) is 2. The number of aromatic nitrogens is 2. The van der Waals surface area contributed by atoms with Crippen molar-refractivity contribution in [2.75, 3.05) is 18.1 Å². The Morgan fingerprint density at radius 3 is 2.76 bits per heavy atom. The fraction of sp³-hybridized carbons (Fsp3) is 0.182. The van der Waals surface area contributed by atoms with Crippen LogP contribution in [0, 0.1) is 0 Å². The van der Waals surface area contributed by atoms with Crippen LogP contribution in [0.4, 0.5) is 11.6 Å².